The maximum atomic E-state index is 12.9. The second-order valence-corrected chi connectivity index (χ2v) is 6.35. The number of aryl methyl sites for hydroxylation is 1. The number of hydrogen-bond acceptors (Lipinski definition) is 4. The molecule has 26 heavy (non-hydrogen) atoms. The molecule has 1 aliphatic carbocycles. The highest BCUT2D eigenvalue weighted by molar-refractivity contribution is 6.12. The summed E-state index contributed by atoms with van der Waals surface area (Å²) in [6.07, 6.45) is -2.50. The molecule has 8 heteroatoms. The van der Waals surface area contributed by atoms with Crippen LogP contribution in [0.25, 0.3) is 11.1 Å². The molecule has 3 aromatic rings. The van der Waals surface area contributed by atoms with Crippen molar-refractivity contribution in [2.75, 3.05) is 5.32 Å². The summed E-state index contributed by atoms with van der Waals surface area (Å²) in [4.78, 5) is 17.1. The van der Waals surface area contributed by atoms with Crippen LogP contribution in [0.4, 0.5) is 18.9 Å². The lowest BCUT2D eigenvalue weighted by molar-refractivity contribution is -0.137. The molecule has 0 unspecified atom stereocenters. The summed E-state index contributed by atoms with van der Waals surface area (Å²) in [7, 11) is 0. The molecule has 2 heterocycles. The second kappa shape index (κ2) is 5.82. The Bertz CT molecular complexity index is 1010. The highest BCUT2D eigenvalue weighted by Gasteiger charge is 2.31. The molecule has 1 fully saturated rings. The van der Waals surface area contributed by atoms with E-state index in [9.17, 15) is 18.0 Å². The van der Waals surface area contributed by atoms with Gasteiger partial charge >= 0.3 is 6.18 Å². The molecule has 1 aliphatic rings. The van der Waals surface area contributed by atoms with E-state index >= 15 is 0 Å². The number of anilines is 1. The number of benzene rings is 1. The summed E-state index contributed by atoms with van der Waals surface area (Å²) in [6, 6.07) is 6.19. The average molecular weight is 361 g/mol. The molecule has 4 rings (SSSR count). The quantitative estimate of drug-likeness (QED) is 0.735. The van der Waals surface area contributed by atoms with Gasteiger partial charge in [0.1, 0.15) is 0 Å². The van der Waals surface area contributed by atoms with E-state index in [2.05, 4.69) is 15.5 Å². The average Bonchev–Trinajstić information content (AvgIpc) is 3.38. The lowest BCUT2D eigenvalue weighted by Gasteiger charge is -2.11. The van der Waals surface area contributed by atoms with Crippen molar-refractivity contribution in [1.29, 1.82) is 0 Å². The number of alkyl halides is 3. The largest absolute Gasteiger partial charge is 0.416 e. The molecule has 0 bridgehead atoms. The summed E-state index contributed by atoms with van der Waals surface area (Å²) < 4.78 is 43.7. The van der Waals surface area contributed by atoms with Crippen molar-refractivity contribution >= 4 is 22.7 Å². The number of nitrogens with one attached hydrogen (secondary N) is 1. The van der Waals surface area contributed by atoms with Gasteiger partial charge in [0.2, 0.25) is 0 Å². The Morgan fingerprint density at radius 1 is 1.27 bits per heavy atom. The zero-order valence-corrected chi connectivity index (χ0v) is 13.7. The van der Waals surface area contributed by atoms with Gasteiger partial charge in [-0.05, 0) is 44.0 Å². The fourth-order valence-electron chi connectivity index (χ4n) is 2.85. The fraction of sp³-hybridized carbons (Fsp3) is 0.278. The summed E-state index contributed by atoms with van der Waals surface area (Å²) in [5, 5.41) is 6.85. The van der Waals surface area contributed by atoms with E-state index in [0.717, 1.165) is 30.7 Å². The minimum Gasteiger partial charge on any atom is -0.336 e. The summed E-state index contributed by atoms with van der Waals surface area (Å²) in [5.41, 5.74) is 1.05. The molecule has 1 saturated carbocycles. The highest BCUT2D eigenvalue weighted by atomic mass is 19.4. The van der Waals surface area contributed by atoms with Gasteiger partial charge in [-0.1, -0.05) is 11.2 Å². The molecule has 134 valence electrons. The van der Waals surface area contributed by atoms with Gasteiger partial charge in [0.05, 0.1) is 22.2 Å². The molecule has 1 amide bonds. The zero-order chi connectivity index (χ0) is 18.5. The summed E-state index contributed by atoms with van der Waals surface area (Å²) >= 11 is 0. The molecule has 1 aromatic carbocycles. The first-order valence-corrected chi connectivity index (χ1v) is 8.08. The van der Waals surface area contributed by atoms with Crippen LogP contribution >= 0.6 is 0 Å². The third kappa shape index (κ3) is 3.02. The van der Waals surface area contributed by atoms with E-state index in [-0.39, 0.29) is 17.3 Å². The molecule has 0 aliphatic heterocycles. The first-order valence-electron chi connectivity index (χ1n) is 8.08. The number of rotatable bonds is 3. The lowest BCUT2D eigenvalue weighted by Crippen LogP contribution is -2.14. The number of nitrogens with zero attached hydrogens (tertiary/aromatic N) is 2. The van der Waals surface area contributed by atoms with E-state index in [4.69, 9.17) is 4.52 Å². The second-order valence-electron chi connectivity index (χ2n) is 6.35. The van der Waals surface area contributed by atoms with Crippen molar-refractivity contribution in [3.05, 3.63) is 52.8 Å². The zero-order valence-electron chi connectivity index (χ0n) is 13.7. The maximum Gasteiger partial charge on any atom is 0.416 e. The van der Waals surface area contributed by atoms with Crippen LogP contribution in [0.5, 0.6) is 0 Å². The first-order chi connectivity index (χ1) is 12.3. The number of hydrogen-bond donors (Lipinski definition) is 1. The number of halogens is 3. The standard InChI is InChI=1S/C18H14F3N3O2/c1-9-15-13(8-14(10-5-6-10)23-17(15)26-24-9)16(25)22-12-4-2-3-11(7-12)18(19,20)21/h2-4,7-8,10H,5-6H2,1H3,(H,22,25). The Balaban J connectivity index is 1.71. The molecule has 0 saturated heterocycles. The maximum absolute atomic E-state index is 12.9. The van der Waals surface area contributed by atoms with Crippen LogP contribution in [0.15, 0.2) is 34.9 Å². The molecule has 0 spiro atoms. The number of carbonyl (C=O) groups is 1. The Kier molecular flexibility index (Phi) is 3.71. The Labute approximate surface area is 146 Å². The normalized spacial score (nSPS) is 14.6. The van der Waals surface area contributed by atoms with Crippen molar-refractivity contribution in [3.8, 4) is 0 Å². The predicted octanol–water partition coefficient (Wildman–Crippen LogP) is 4.68. The van der Waals surface area contributed by atoms with Crippen molar-refractivity contribution in [3.63, 3.8) is 0 Å². The van der Waals surface area contributed by atoms with Crippen LogP contribution in [-0.4, -0.2) is 16.0 Å². The minimum atomic E-state index is -4.48. The molecule has 0 atom stereocenters. The predicted molar refractivity (Wildman–Crippen MR) is 87.9 cm³/mol. The van der Waals surface area contributed by atoms with Crippen molar-refractivity contribution in [2.45, 2.75) is 31.9 Å². The van der Waals surface area contributed by atoms with E-state index in [1.54, 1.807) is 13.0 Å². The van der Waals surface area contributed by atoms with Gasteiger partial charge in [0, 0.05) is 17.3 Å². The Morgan fingerprint density at radius 2 is 2.04 bits per heavy atom. The van der Waals surface area contributed by atoms with Crippen molar-refractivity contribution in [2.24, 2.45) is 0 Å². The molecule has 1 N–H and O–H groups in total. The van der Waals surface area contributed by atoms with Crippen molar-refractivity contribution < 1.29 is 22.5 Å². The molecular weight excluding hydrogens is 347 g/mol. The molecule has 2 aromatic heterocycles. The first kappa shape index (κ1) is 16.6. The monoisotopic (exact) mass is 361 g/mol. The Hall–Kier alpha value is -2.90. The Morgan fingerprint density at radius 3 is 2.73 bits per heavy atom. The van der Waals surface area contributed by atoms with Gasteiger partial charge < -0.3 is 9.84 Å². The third-order valence-corrected chi connectivity index (χ3v) is 4.32. The fourth-order valence-corrected chi connectivity index (χ4v) is 2.85. The molecule has 5 nitrogen and oxygen atoms in total. The van der Waals surface area contributed by atoms with Gasteiger partial charge in [-0.15, -0.1) is 0 Å². The summed E-state index contributed by atoms with van der Waals surface area (Å²) in [6.45, 7) is 1.69. The smallest absolute Gasteiger partial charge is 0.336 e. The lowest BCUT2D eigenvalue weighted by atomic mass is 10.1. The molecule has 0 radical (unpaired) electrons. The number of amides is 1. The van der Waals surface area contributed by atoms with Gasteiger partial charge in [0.25, 0.3) is 11.6 Å². The minimum absolute atomic E-state index is 0.0665. The molecular formula is C18H14F3N3O2. The van der Waals surface area contributed by atoms with Gasteiger partial charge in [-0.25, -0.2) is 4.98 Å². The number of carbonyl (C=O) groups excluding carboxylic acids is 1. The van der Waals surface area contributed by atoms with Crippen LogP contribution in [0.1, 0.15) is 46.1 Å². The van der Waals surface area contributed by atoms with Crippen LogP contribution in [0.2, 0.25) is 0 Å². The summed E-state index contributed by atoms with van der Waals surface area (Å²) in [5.74, 6) is -0.241. The third-order valence-electron chi connectivity index (χ3n) is 4.32. The topological polar surface area (TPSA) is 68.0 Å². The van der Waals surface area contributed by atoms with Crippen LogP contribution < -0.4 is 5.32 Å². The SMILES string of the molecule is Cc1noc2nc(C3CC3)cc(C(=O)Nc3cccc(C(F)(F)F)c3)c12. The van der Waals surface area contributed by atoms with Crippen molar-refractivity contribution in [1.82, 2.24) is 10.1 Å². The van der Waals surface area contributed by atoms with Gasteiger partial charge in [-0.2, -0.15) is 13.2 Å². The van der Waals surface area contributed by atoms with E-state index in [0.29, 0.717) is 16.6 Å². The van der Waals surface area contributed by atoms with Crippen LogP contribution in [-0.2, 0) is 6.18 Å². The van der Waals surface area contributed by atoms with Gasteiger partial charge in [-0.3, -0.25) is 4.79 Å². The number of pyridine rings is 1. The van der Waals surface area contributed by atoms with Gasteiger partial charge in [0.15, 0.2) is 0 Å². The van der Waals surface area contributed by atoms with Crippen LogP contribution in [0.3, 0.4) is 0 Å². The number of fused-ring (bicyclic) bond motifs is 1. The van der Waals surface area contributed by atoms with E-state index in [1.165, 1.54) is 12.1 Å². The van der Waals surface area contributed by atoms with E-state index < -0.39 is 17.6 Å². The highest BCUT2D eigenvalue weighted by Crippen LogP contribution is 2.40. The van der Waals surface area contributed by atoms with Crippen LogP contribution in [0, 0.1) is 6.92 Å². The number of aromatic nitrogens is 2. The van der Waals surface area contributed by atoms with E-state index in [1.807, 2.05) is 0 Å².